The lowest BCUT2D eigenvalue weighted by Gasteiger charge is -2.17. The Labute approximate surface area is 217 Å². The van der Waals surface area contributed by atoms with Gasteiger partial charge in [-0.2, -0.15) is 0 Å². The maximum atomic E-state index is 12.6. The molecule has 1 unspecified atom stereocenters. The average molecular weight is 513 g/mol. The van der Waals surface area contributed by atoms with Crippen LogP contribution in [0.2, 0.25) is 0 Å². The molecule has 1 aromatic heterocycles. The first-order valence-electron chi connectivity index (χ1n) is 12.0. The van der Waals surface area contributed by atoms with Gasteiger partial charge in [-0.1, -0.05) is 54.6 Å². The molecule has 4 aromatic rings. The molecule has 9 nitrogen and oxygen atoms in total. The van der Waals surface area contributed by atoms with Crippen LogP contribution >= 0.6 is 0 Å². The Morgan fingerprint density at radius 2 is 1.66 bits per heavy atom. The molecule has 9 heteroatoms. The van der Waals surface area contributed by atoms with E-state index < -0.39 is 23.0 Å². The summed E-state index contributed by atoms with van der Waals surface area (Å²) in [6.45, 7) is 1.80. The number of amides is 1. The Kier molecular flexibility index (Phi) is 6.66. The van der Waals surface area contributed by atoms with Crippen LogP contribution in [-0.2, 0) is 16.0 Å². The van der Waals surface area contributed by atoms with Crippen molar-refractivity contribution in [2.45, 2.75) is 25.3 Å². The summed E-state index contributed by atoms with van der Waals surface area (Å²) in [4.78, 5) is 35.5. The number of benzene rings is 3. The van der Waals surface area contributed by atoms with Crippen molar-refractivity contribution in [2.75, 3.05) is 6.61 Å². The van der Waals surface area contributed by atoms with Gasteiger partial charge in [-0.25, -0.2) is 9.59 Å². The summed E-state index contributed by atoms with van der Waals surface area (Å²) in [7, 11) is 0. The Morgan fingerprint density at radius 3 is 2.29 bits per heavy atom. The van der Waals surface area contributed by atoms with Gasteiger partial charge in [0.15, 0.2) is 0 Å². The molecule has 0 radical (unpaired) electrons. The number of ether oxygens (including phenoxy) is 1. The van der Waals surface area contributed by atoms with Crippen LogP contribution in [0.5, 0.6) is 0 Å². The highest BCUT2D eigenvalue weighted by Gasteiger charge is 2.30. The number of carbonyl (C=O) groups excluding carboxylic acids is 1. The molecule has 1 aliphatic carbocycles. The number of aliphatic carboxylic acids is 1. The maximum absolute atomic E-state index is 12.6. The molecule has 1 heterocycles. The summed E-state index contributed by atoms with van der Waals surface area (Å²) < 4.78 is 11.2. The molecule has 0 saturated carbocycles. The molecule has 3 aromatic carbocycles. The van der Waals surface area contributed by atoms with Crippen molar-refractivity contribution in [2.24, 2.45) is 0 Å². The third kappa shape index (κ3) is 4.86. The number of hydrogen-bond acceptors (Lipinski definition) is 6. The van der Waals surface area contributed by atoms with Crippen molar-refractivity contribution in [3.05, 3.63) is 111 Å². The first-order chi connectivity index (χ1) is 18.3. The van der Waals surface area contributed by atoms with Gasteiger partial charge >= 0.3 is 12.1 Å². The summed E-state index contributed by atoms with van der Waals surface area (Å²) in [5.74, 6) is -0.940. The lowest BCUT2D eigenvalue weighted by atomic mass is 9.98. The fraction of sp³-hybridized carbons (Fsp3) is 0.172. The molecule has 5 rings (SSSR count). The highest BCUT2D eigenvalue weighted by Crippen LogP contribution is 2.44. The molecule has 1 amide bonds. The number of nitrogens with zero attached hydrogens (tertiary/aromatic N) is 1. The molecular weight excluding hydrogens is 488 g/mol. The zero-order valence-electron chi connectivity index (χ0n) is 20.4. The number of carboxylic acids is 1. The van der Waals surface area contributed by atoms with E-state index in [-0.39, 0.29) is 41.7 Å². The fourth-order valence-corrected chi connectivity index (χ4v) is 4.82. The van der Waals surface area contributed by atoms with E-state index in [9.17, 15) is 24.8 Å². The van der Waals surface area contributed by atoms with Crippen molar-refractivity contribution in [3.8, 4) is 22.5 Å². The van der Waals surface area contributed by atoms with Gasteiger partial charge < -0.3 is 19.6 Å². The third-order valence-electron chi connectivity index (χ3n) is 6.62. The summed E-state index contributed by atoms with van der Waals surface area (Å²) in [6, 6.07) is 22.3. The van der Waals surface area contributed by atoms with Gasteiger partial charge in [0.2, 0.25) is 0 Å². The largest absolute Gasteiger partial charge is 0.480 e. The number of fused-ring (bicyclic) bond motifs is 3. The molecular formula is C29H24N2O7. The lowest BCUT2D eigenvalue weighted by Crippen LogP contribution is -2.42. The zero-order valence-corrected chi connectivity index (χ0v) is 20.4. The topological polar surface area (TPSA) is 132 Å². The molecule has 0 aliphatic heterocycles. The van der Waals surface area contributed by atoms with Gasteiger partial charge in [0.1, 0.15) is 24.2 Å². The van der Waals surface area contributed by atoms with Gasteiger partial charge in [0, 0.05) is 18.4 Å². The van der Waals surface area contributed by atoms with Crippen LogP contribution in [0, 0.1) is 17.0 Å². The summed E-state index contributed by atoms with van der Waals surface area (Å²) in [5, 5.41) is 23.5. The number of hydrogen-bond donors (Lipinski definition) is 2. The molecule has 0 fully saturated rings. The molecule has 2 N–H and O–H groups in total. The van der Waals surface area contributed by atoms with Crippen molar-refractivity contribution in [1.82, 2.24) is 5.32 Å². The number of rotatable bonds is 8. The van der Waals surface area contributed by atoms with Crippen LogP contribution in [-0.4, -0.2) is 34.7 Å². The van der Waals surface area contributed by atoms with Gasteiger partial charge in [-0.05, 0) is 52.9 Å². The first kappa shape index (κ1) is 24.8. The number of nitro benzene ring substituents is 1. The number of alkyl carbamates (subject to hydrolysis) is 1. The Hall–Kier alpha value is -4.92. The van der Waals surface area contributed by atoms with Gasteiger partial charge in [-0.3, -0.25) is 10.1 Å². The molecule has 0 saturated heterocycles. The number of carboxylic acid groups (broad SMARTS) is 1. The van der Waals surface area contributed by atoms with E-state index >= 15 is 0 Å². The molecule has 192 valence electrons. The van der Waals surface area contributed by atoms with Crippen molar-refractivity contribution in [3.63, 3.8) is 0 Å². The number of nitro groups is 1. The molecule has 1 aliphatic rings. The van der Waals surface area contributed by atoms with Gasteiger partial charge in [0.25, 0.3) is 5.69 Å². The second-order valence-corrected chi connectivity index (χ2v) is 9.11. The predicted octanol–water partition coefficient (Wildman–Crippen LogP) is 5.70. The van der Waals surface area contributed by atoms with E-state index in [1.165, 1.54) is 12.1 Å². The molecule has 1 atom stereocenters. The van der Waals surface area contributed by atoms with Crippen molar-refractivity contribution in [1.29, 1.82) is 0 Å². The van der Waals surface area contributed by atoms with Crippen molar-refractivity contribution < 1.29 is 28.8 Å². The maximum Gasteiger partial charge on any atom is 0.407 e. The normalized spacial score (nSPS) is 12.9. The van der Waals surface area contributed by atoms with Gasteiger partial charge in [0.05, 0.1) is 10.5 Å². The number of carbonyl (C=O) groups is 2. The second-order valence-electron chi connectivity index (χ2n) is 9.11. The van der Waals surface area contributed by atoms with Crippen LogP contribution in [0.1, 0.15) is 28.4 Å². The van der Waals surface area contributed by atoms with Crippen molar-refractivity contribution >= 4 is 17.7 Å². The smallest absolute Gasteiger partial charge is 0.407 e. The van der Waals surface area contributed by atoms with Crippen LogP contribution in [0.3, 0.4) is 0 Å². The van der Waals surface area contributed by atoms with E-state index in [1.807, 2.05) is 48.5 Å². The number of nitrogens with one attached hydrogen (secondary N) is 1. The second kappa shape index (κ2) is 10.2. The van der Waals surface area contributed by atoms with Crippen LogP contribution < -0.4 is 5.32 Å². The quantitative estimate of drug-likeness (QED) is 0.229. The molecule has 0 bridgehead atoms. The van der Waals surface area contributed by atoms with E-state index in [2.05, 4.69) is 5.32 Å². The minimum Gasteiger partial charge on any atom is -0.480 e. The summed E-state index contributed by atoms with van der Waals surface area (Å²) in [6.07, 6.45) is -1.03. The SMILES string of the molecule is Cc1ccc(-c2ccc(CC(NC(=O)OCC3c4ccccc4-c4ccccc43)C(=O)O)o2)c([N+](=O)[O-])c1. The minimum absolute atomic E-state index is 0.0498. The zero-order chi connectivity index (χ0) is 26.8. The van der Waals surface area contributed by atoms with Crippen LogP contribution in [0.25, 0.3) is 22.5 Å². The summed E-state index contributed by atoms with van der Waals surface area (Å²) in [5.41, 5.74) is 5.16. The minimum atomic E-state index is -1.32. The Balaban J connectivity index is 1.26. The average Bonchev–Trinajstić information content (AvgIpc) is 3.49. The first-order valence-corrected chi connectivity index (χ1v) is 12.0. The molecule has 38 heavy (non-hydrogen) atoms. The van der Waals surface area contributed by atoms with Gasteiger partial charge in [-0.15, -0.1) is 0 Å². The van der Waals surface area contributed by atoms with E-state index in [1.54, 1.807) is 25.1 Å². The molecule has 0 spiro atoms. The Morgan fingerprint density at radius 1 is 1.00 bits per heavy atom. The Bertz CT molecular complexity index is 1500. The van der Waals surface area contributed by atoms with E-state index in [0.717, 1.165) is 27.8 Å². The van der Waals surface area contributed by atoms with Crippen LogP contribution in [0.15, 0.2) is 83.3 Å². The predicted molar refractivity (Wildman–Crippen MR) is 139 cm³/mol. The standard InChI is InChI=1S/C29H24N2O7/c1-17-10-12-23(26(14-17)31(35)36)27-13-11-18(38-27)15-25(28(32)33)30-29(34)37-16-24-21-8-4-2-6-19(21)20-7-3-5-9-22(20)24/h2-14,24-25H,15-16H2,1H3,(H,30,34)(H,32,33). The number of furan rings is 1. The van der Waals surface area contributed by atoms with E-state index in [4.69, 9.17) is 9.15 Å². The monoisotopic (exact) mass is 512 g/mol. The third-order valence-corrected chi connectivity index (χ3v) is 6.62. The highest BCUT2D eigenvalue weighted by atomic mass is 16.6. The van der Waals surface area contributed by atoms with E-state index in [0.29, 0.717) is 0 Å². The number of aryl methyl sites for hydroxylation is 1. The fourth-order valence-electron chi connectivity index (χ4n) is 4.82. The lowest BCUT2D eigenvalue weighted by molar-refractivity contribution is -0.384. The summed E-state index contributed by atoms with van der Waals surface area (Å²) >= 11 is 0. The van der Waals surface area contributed by atoms with Crippen LogP contribution in [0.4, 0.5) is 10.5 Å². The highest BCUT2D eigenvalue weighted by molar-refractivity contribution is 5.81.